The third-order valence-corrected chi connectivity index (χ3v) is 2.38. The molecule has 1 aromatic rings. The topological polar surface area (TPSA) is 47.0 Å². The fourth-order valence-corrected chi connectivity index (χ4v) is 1.50. The minimum atomic E-state index is 0.485. The van der Waals surface area contributed by atoms with E-state index in [4.69, 9.17) is 4.74 Å². The average Bonchev–Trinajstić information content (AvgIpc) is 2.11. The lowest BCUT2D eigenvalue weighted by Gasteiger charge is -2.08. The van der Waals surface area contributed by atoms with Gasteiger partial charge in [0.05, 0.1) is 16.8 Å². The molecule has 0 aliphatic carbocycles. The van der Waals surface area contributed by atoms with Gasteiger partial charge in [0, 0.05) is 14.2 Å². The molecule has 13 heavy (non-hydrogen) atoms. The van der Waals surface area contributed by atoms with E-state index in [2.05, 4.69) is 31.2 Å². The molecule has 0 aliphatic rings. The van der Waals surface area contributed by atoms with Gasteiger partial charge in [-0.05, 0) is 22.9 Å². The highest BCUT2D eigenvalue weighted by Gasteiger charge is 2.08. The normalized spacial score (nSPS) is 10.2. The Morgan fingerprint density at radius 3 is 2.69 bits per heavy atom. The Kier molecular flexibility index (Phi) is 3.62. The minimum absolute atomic E-state index is 0.485. The quantitative estimate of drug-likeness (QED) is 0.882. The van der Waals surface area contributed by atoms with Gasteiger partial charge in [0.15, 0.2) is 0 Å². The molecule has 0 aromatic carbocycles. The molecule has 0 amide bonds. The van der Waals surface area contributed by atoms with E-state index in [1.165, 1.54) is 0 Å². The molecule has 5 heteroatoms. The van der Waals surface area contributed by atoms with Gasteiger partial charge in [-0.15, -0.1) is 0 Å². The molecule has 0 aliphatic heterocycles. The van der Waals surface area contributed by atoms with Gasteiger partial charge in [-0.25, -0.2) is 9.97 Å². The third kappa shape index (κ3) is 2.38. The molecule has 1 heterocycles. The molecular formula is C8H12BrN3O. The molecular weight excluding hydrogens is 234 g/mol. The maximum atomic E-state index is 5.02. The summed E-state index contributed by atoms with van der Waals surface area (Å²) < 4.78 is 5.88. The van der Waals surface area contributed by atoms with Crippen molar-refractivity contribution in [2.24, 2.45) is 0 Å². The standard InChI is InChI=1S/C8H12BrN3O/c1-5-11-6(4-13-3)7(9)8(10-2)12-5/h4H2,1-3H3,(H,10,11,12). The van der Waals surface area contributed by atoms with Crippen LogP contribution in [0.3, 0.4) is 0 Å². The van der Waals surface area contributed by atoms with Crippen LogP contribution in [0, 0.1) is 6.92 Å². The Balaban J connectivity index is 3.11. The summed E-state index contributed by atoms with van der Waals surface area (Å²) in [6.07, 6.45) is 0. The fourth-order valence-electron chi connectivity index (χ4n) is 1.01. The maximum absolute atomic E-state index is 5.02. The molecule has 0 saturated carbocycles. The highest BCUT2D eigenvalue weighted by Crippen LogP contribution is 2.23. The van der Waals surface area contributed by atoms with Gasteiger partial charge in [-0.3, -0.25) is 0 Å². The number of hydrogen-bond acceptors (Lipinski definition) is 4. The van der Waals surface area contributed by atoms with E-state index in [0.717, 1.165) is 21.8 Å². The van der Waals surface area contributed by atoms with Crippen molar-refractivity contribution < 1.29 is 4.74 Å². The van der Waals surface area contributed by atoms with Crippen molar-refractivity contribution in [3.8, 4) is 0 Å². The van der Waals surface area contributed by atoms with E-state index in [0.29, 0.717) is 6.61 Å². The first-order chi connectivity index (χ1) is 6.19. The Morgan fingerprint density at radius 1 is 1.46 bits per heavy atom. The fraction of sp³-hybridized carbons (Fsp3) is 0.500. The number of anilines is 1. The molecule has 1 aromatic heterocycles. The largest absolute Gasteiger partial charge is 0.378 e. The van der Waals surface area contributed by atoms with Crippen molar-refractivity contribution in [1.29, 1.82) is 0 Å². The van der Waals surface area contributed by atoms with Crippen molar-refractivity contribution in [2.45, 2.75) is 13.5 Å². The first kappa shape index (κ1) is 10.4. The number of halogens is 1. The van der Waals surface area contributed by atoms with Gasteiger partial charge < -0.3 is 10.1 Å². The summed E-state index contributed by atoms with van der Waals surface area (Å²) in [5, 5.41) is 2.98. The Bertz CT molecular complexity index is 304. The number of nitrogens with zero attached hydrogens (tertiary/aromatic N) is 2. The summed E-state index contributed by atoms with van der Waals surface area (Å²) in [4.78, 5) is 8.46. The number of nitrogens with one attached hydrogen (secondary N) is 1. The van der Waals surface area contributed by atoms with E-state index < -0.39 is 0 Å². The molecule has 1 N–H and O–H groups in total. The van der Waals surface area contributed by atoms with Gasteiger partial charge in [0.1, 0.15) is 11.6 Å². The van der Waals surface area contributed by atoms with Gasteiger partial charge in [0.2, 0.25) is 0 Å². The zero-order valence-corrected chi connectivity index (χ0v) is 9.47. The predicted molar refractivity (Wildman–Crippen MR) is 54.7 cm³/mol. The van der Waals surface area contributed by atoms with Crippen LogP contribution in [-0.2, 0) is 11.3 Å². The van der Waals surface area contributed by atoms with Crippen LogP contribution in [0.5, 0.6) is 0 Å². The number of methoxy groups -OCH3 is 1. The lowest BCUT2D eigenvalue weighted by atomic mass is 10.4. The molecule has 1 rings (SSSR count). The summed E-state index contributed by atoms with van der Waals surface area (Å²) in [7, 11) is 3.46. The Morgan fingerprint density at radius 2 is 2.15 bits per heavy atom. The van der Waals surface area contributed by atoms with E-state index in [9.17, 15) is 0 Å². The van der Waals surface area contributed by atoms with Crippen LogP contribution < -0.4 is 5.32 Å². The van der Waals surface area contributed by atoms with Crippen LogP contribution in [0.15, 0.2) is 4.47 Å². The Labute approximate surface area is 85.9 Å². The van der Waals surface area contributed by atoms with Crippen LogP contribution >= 0.6 is 15.9 Å². The predicted octanol–water partition coefficient (Wildman–Crippen LogP) is 1.74. The van der Waals surface area contributed by atoms with Gasteiger partial charge >= 0.3 is 0 Å². The molecule has 0 fully saturated rings. The van der Waals surface area contributed by atoms with Crippen molar-refractivity contribution in [2.75, 3.05) is 19.5 Å². The smallest absolute Gasteiger partial charge is 0.144 e. The van der Waals surface area contributed by atoms with Crippen molar-refractivity contribution in [3.63, 3.8) is 0 Å². The number of aryl methyl sites for hydroxylation is 1. The van der Waals surface area contributed by atoms with Gasteiger partial charge in [-0.1, -0.05) is 0 Å². The summed E-state index contributed by atoms with van der Waals surface area (Å²) in [5.41, 5.74) is 0.861. The van der Waals surface area contributed by atoms with Crippen LogP contribution in [0.4, 0.5) is 5.82 Å². The molecule has 0 saturated heterocycles. The molecule has 72 valence electrons. The highest BCUT2D eigenvalue weighted by atomic mass is 79.9. The summed E-state index contributed by atoms with van der Waals surface area (Å²) in [6.45, 7) is 2.34. The first-order valence-electron chi connectivity index (χ1n) is 3.88. The maximum Gasteiger partial charge on any atom is 0.144 e. The number of hydrogen-bond donors (Lipinski definition) is 1. The van der Waals surface area contributed by atoms with Crippen molar-refractivity contribution >= 4 is 21.7 Å². The van der Waals surface area contributed by atoms with Crippen LogP contribution in [-0.4, -0.2) is 24.1 Å². The zero-order chi connectivity index (χ0) is 9.84. The lowest BCUT2D eigenvalue weighted by molar-refractivity contribution is 0.180. The second-order valence-corrected chi connectivity index (χ2v) is 3.36. The van der Waals surface area contributed by atoms with Crippen molar-refractivity contribution in [1.82, 2.24) is 9.97 Å². The number of ether oxygens (including phenoxy) is 1. The monoisotopic (exact) mass is 245 g/mol. The summed E-state index contributed by atoms with van der Waals surface area (Å²) >= 11 is 3.41. The number of aromatic nitrogens is 2. The van der Waals surface area contributed by atoms with E-state index in [1.807, 2.05) is 14.0 Å². The van der Waals surface area contributed by atoms with Crippen LogP contribution in [0.25, 0.3) is 0 Å². The molecule has 0 unspecified atom stereocenters. The molecule has 0 spiro atoms. The van der Waals surface area contributed by atoms with E-state index in [-0.39, 0.29) is 0 Å². The lowest BCUT2D eigenvalue weighted by Crippen LogP contribution is -2.03. The number of rotatable bonds is 3. The molecule has 0 radical (unpaired) electrons. The molecule has 4 nitrogen and oxygen atoms in total. The Hall–Kier alpha value is -0.680. The SMILES string of the molecule is CNc1nc(C)nc(COC)c1Br. The van der Waals surface area contributed by atoms with Gasteiger partial charge in [0.25, 0.3) is 0 Å². The highest BCUT2D eigenvalue weighted by molar-refractivity contribution is 9.10. The van der Waals surface area contributed by atoms with Crippen LogP contribution in [0.1, 0.15) is 11.5 Å². The zero-order valence-electron chi connectivity index (χ0n) is 7.89. The summed E-state index contributed by atoms with van der Waals surface area (Å²) in [5.74, 6) is 1.53. The second kappa shape index (κ2) is 4.53. The first-order valence-corrected chi connectivity index (χ1v) is 4.68. The molecule has 0 bridgehead atoms. The van der Waals surface area contributed by atoms with Crippen molar-refractivity contribution in [3.05, 3.63) is 16.0 Å². The molecule has 0 atom stereocenters. The van der Waals surface area contributed by atoms with E-state index >= 15 is 0 Å². The third-order valence-electron chi connectivity index (χ3n) is 1.55. The second-order valence-electron chi connectivity index (χ2n) is 2.56. The minimum Gasteiger partial charge on any atom is -0.378 e. The summed E-state index contributed by atoms with van der Waals surface area (Å²) in [6, 6.07) is 0. The average molecular weight is 246 g/mol. The van der Waals surface area contributed by atoms with E-state index in [1.54, 1.807) is 7.11 Å². The van der Waals surface area contributed by atoms with Crippen LogP contribution in [0.2, 0.25) is 0 Å². The van der Waals surface area contributed by atoms with Gasteiger partial charge in [-0.2, -0.15) is 0 Å².